The Hall–Kier alpha value is -2.33. The molecule has 2 aromatic carbocycles. The lowest BCUT2D eigenvalue weighted by molar-refractivity contribution is -0.117. The van der Waals surface area contributed by atoms with Crippen molar-refractivity contribution in [3.8, 4) is 0 Å². The third kappa shape index (κ3) is 3.69. The van der Waals surface area contributed by atoms with Gasteiger partial charge in [-0.1, -0.05) is 35.9 Å². The van der Waals surface area contributed by atoms with Crippen LogP contribution >= 0.6 is 11.6 Å². The van der Waals surface area contributed by atoms with Crippen LogP contribution in [0.1, 0.15) is 47.3 Å². The van der Waals surface area contributed by atoms with Crippen molar-refractivity contribution in [1.82, 2.24) is 5.32 Å². The highest BCUT2D eigenvalue weighted by molar-refractivity contribution is 6.31. The van der Waals surface area contributed by atoms with Crippen LogP contribution in [-0.2, 0) is 4.79 Å². The Morgan fingerprint density at radius 2 is 2.00 bits per heavy atom. The Bertz CT molecular complexity index is 819. The molecule has 3 rings (SSSR count). The van der Waals surface area contributed by atoms with Crippen molar-refractivity contribution in [2.75, 3.05) is 11.4 Å². The summed E-state index contributed by atoms with van der Waals surface area (Å²) in [5.74, 6) is -0.176. The minimum atomic E-state index is -0.206. The zero-order chi connectivity index (χ0) is 18.0. The van der Waals surface area contributed by atoms with Crippen LogP contribution in [0, 0.1) is 6.92 Å². The van der Waals surface area contributed by atoms with E-state index in [4.69, 9.17) is 11.6 Å². The summed E-state index contributed by atoms with van der Waals surface area (Å²) in [6.45, 7) is 4.60. The fraction of sp³-hybridized carbons (Fsp3) is 0.300. The van der Waals surface area contributed by atoms with Gasteiger partial charge in [0.2, 0.25) is 5.91 Å². The monoisotopic (exact) mass is 356 g/mol. The van der Waals surface area contributed by atoms with Crippen LogP contribution in [0.3, 0.4) is 0 Å². The Morgan fingerprint density at radius 3 is 2.68 bits per heavy atom. The molecule has 0 aliphatic carbocycles. The maximum absolute atomic E-state index is 12.8. The van der Waals surface area contributed by atoms with Gasteiger partial charge < -0.3 is 10.2 Å². The molecule has 4 nitrogen and oxygen atoms in total. The van der Waals surface area contributed by atoms with E-state index in [9.17, 15) is 9.59 Å². The van der Waals surface area contributed by atoms with Crippen LogP contribution in [0.4, 0.5) is 5.69 Å². The molecule has 2 aromatic rings. The quantitative estimate of drug-likeness (QED) is 0.889. The number of aryl methyl sites for hydroxylation is 1. The van der Waals surface area contributed by atoms with E-state index in [-0.39, 0.29) is 17.9 Å². The first-order chi connectivity index (χ1) is 12.0. The lowest BCUT2D eigenvalue weighted by atomic mass is 10.0. The maximum Gasteiger partial charge on any atom is 0.253 e. The molecule has 25 heavy (non-hydrogen) atoms. The molecule has 130 valence electrons. The second-order valence-corrected chi connectivity index (χ2v) is 6.80. The van der Waals surface area contributed by atoms with E-state index in [0.29, 0.717) is 29.2 Å². The number of nitrogens with one attached hydrogen (secondary N) is 1. The zero-order valence-corrected chi connectivity index (χ0v) is 15.1. The molecule has 1 heterocycles. The molecule has 1 fully saturated rings. The van der Waals surface area contributed by atoms with E-state index >= 15 is 0 Å². The SMILES string of the molecule is Cc1ccccc1C(C)NC(=O)c1ccc(Cl)cc1N1CCCC1=O. The van der Waals surface area contributed by atoms with Crippen molar-refractivity contribution >= 4 is 29.1 Å². The highest BCUT2D eigenvalue weighted by atomic mass is 35.5. The van der Waals surface area contributed by atoms with Crippen LogP contribution in [0.2, 0.25) is 5.02 Å². The maximum atomic E-state index is 12.8. The lowest BCUT2D eigenvalue weighted by Crippen LogP contribution is -2.31. The first kappa shape index (κ1) is 17.5. The number of anilines is 1. The van der Waals surface area contributed by atoms with Crippen molar-refractivity contribution in [1.29, 1.82) is 0 Å². The van der Waals surface area contributed by atoms with Gasteiger partial charge in [0.15, 0.2) is 0 Å². The van der Waals surface area contributed by atoms with Crippen molar-refractivity contribution in [3.63, 3.8) is 0 Å². The number of rotatable bonds is 4. The van der Waals surface area contributed by atoms with Gasteiger partial charge in [0.1, 0.15) is 0 Å². The molecule has 0 saturated carbocycles. The Labute approximate surface area is 152 Å². The summed E-state index contributed by atoms with van der Waals surface area (Å²) in [6, 6.07) is 12.9. The van der Waals surface area contributed by atoms with Crippen LogP contribution in [0.25, 0.3) is 0 Å². The first-order valence-corrected chi connectivity index (χ1v) is 8.81. The summed E-state index contributed by atoms with van der Waals surface area (Å²) in [4.78, 5) is 26.6. The van der Waals surface area contributed by atoms with E-state index in [2.05, 4.69) is 5.32 Å². The summed E-state index contributed by atoms with van der Waals surface area (Å²) >= 11 is 6.10. The topological polar surface area (TPSA) is 49.4 Å². The molecular formula is C20H21ClN2O2. The molecular weight excluding hydrogens is 336 g/mol. The van der Waals surface area contributed by atoms with Crippen molar-refractivity contribution in [2.24, 2.45) is 0 Å². The summed E-state index contributed by atoms with van der Waals surface area (Å²) in [6.07, 6.45) is 1.30. The number of carbonyl (C=O) groups is 2. The summed E-state index contributed by atoms with van der Waals surface area (Å²) in [5, 5.41) is 3.54. The number of amides is 2. The molecule has 1 unspecified atom stereocenters. The van der Waals surface area contributed by atoms with E-state index in [1.807, 2.05) is 38.1 Å². The molecule has 2 amide bonds. The van der Waals surface area contributed by atoms with E-state index in [0.717, 1.165) is 17.5 Å². The highest BCUT2D eigenvalue weighted by Crippen LogP contribution is 2.29. The number of nitrogens with zero attached hydrogens (tertiary/aromatic N) is 1. The molecule has 1 N–H and O–H groups in total. The van der Waals surface area contributed by atoms with Gasteiger partial charge in [-0.2, -0.15) is 0 Å². The van der Waals surface area contributed by atoms with E-state index < -0.39 is 0 Å². The minimum Gasteiger partial charge on any atom is -0.345 e. The number of hydrogen-bond donors (Lipinski definition) is 1. The second kappa shape index (κ2) is 7.28. The molecule has 1 aliphatic rings. The second-order valence-electron chi connectivity index (χ2n) is 6.36. The average molecular weight is 357 g/mol. The van der Waals surface area contributed by atoms with Gasteiger partial charge in [0.25, 0.3) is 5.91 Å². The highest BCUT2D eigenvalue weighted by Gasteiger charge is 2.26. The largest absolute Gasteiger partial charge is 0.345 e. The Kier molecular flexibility index (Phi) is 5.09. The van der Waals surface area contributed by atoms with E-state index in [1.54, 1.807) is 23.1 Å². The van der Waals surface area contributed by atoms with Crippen LogP contribution in [-0.4, -0.2) is 18.4 Å². The number of hydrogen-bond acceptors (Lipinski definition) is 2. The first-order valence-electron chi connectivity index (χ1n) is 8.43. The zero-order valence-electron chi connectivity index (χ0n) is 14.4. The summed E-state index contributed by atoms with van der Waals surface area (Å²) < 4.78 is 0. The lowest BCUT2D eigenvalue weighted by Gasteiger charge is -2.22. The standard InChI is InChI=1S/C20H21ClN2O2/c1-13-6-3-4-7-16(13)14(2)22-20(25)17-10-9-15(21)12-18(17)23-11-5-8-19(23)24/h3-4,6-7,9-10,12,14H,5,8,11H2,1-2H3,(H,22,25). The molecule has 0 bridgehead atoms. The molecule has 5 heteroatoms. The van der Waals surface area contributed by atoms with Gasteiger partial charge in [-0.3, -0.25) is 9.59 Å². The Balaban J connectivity index is 1.87. The van der Waals surface area contributed by atoms with Gasteiger partial charge >= 0.3 is 0 Å². The number of benzene rings is 2. The van der Waals surface area contributed by atoms with Gasteiger partial charge in [-0.15, -0.1) is 0 Å². The van der Waals surface area contributed by atoms with Crippen molar-refractivity contribution in [3.05, 3.63) is 64.2 Å². The van der Waals surface area contributed by atoms with E-state index in [1.165, 1.54) is 0 Å². The predicted octanol–water partition coefficient (Wildman–Crippen LogP) is 4.27. The van der Waals surface area contributed by atoms with Gasteiger partial charge in [0.05, 0.1) is 17.3 Å². The molecule has 0 aromatic heterocycles. The summed E-state index contributed by atoms with van der Waals surface area (Å²) in [5.41, 5.74) is 3.26. The van der Waals surface area contributed by atoms with Crippen LogP contribution < -0.4 is 10.2 Å². The Morgan fingerprint density at radius 1 is 1.24 bits per heavy atom. The smallest absolute Gasteiger partial charge is 0.253 e. The third-order valence-corrected chi connectivity index (χ3v) is 4.81. The fourth-order valence-electron chi connectivity index (χ4n) is 3.25. The van der Waals surface area contributed by atoms with Crippen molar-refractivity contribution in [2.45, 2.75) is 32.7 Å². The molecule has 1 aliphatic heterocycles. The van der Waals surface area contributed by atoms with Gasteiger partial charge in [-0.05, 0) is 49.6 Å². The molecule has 0 spiro atoms. The summed E-state index contributed by atoms with van der Waals surface area (Å²) in [7, 11) is 0. The van der Waals surface area contributed by atoms with Crippen LogP contribution in [0.15, 0.2) is 42.5 Å². The van der Waals surface area contributed by atoms with Crippen LogP contribution in [0.5, 0.6) is 0 Å². The average Bonchev–Trinajstić information content (AvgIpc) is 3.00. The van der Waals surface area contributed by atoms with Gasteiger partial charge in [-0.25, -0.2) is 0 Å². The predicted molar refractivity (Wildman–Crippen MR) is 100 cm³/mol. The normalized spacial score (nSPS) is 15.3. The van der Waals surface area contributed by atoms with Gasteiger partial charge in [0, 0.05) is 18.0 Å². The fourth-order valence-corrected chi connectivity index (χ4v) is 3.41. The third-order valence-electron chi connectivity index (χ3n) is 4.57. The number of carbonyl (C=O) groups excluding carboxylic acids is 2. The van der Waals surface area contributed by atoms with Crippen molar-refractivity contribution < 1.29 is 9.59 Å². The molecule has 0 radical (unpaired) electrons. The number of halogens is 1. The minimum absolute atomic E-state index is 0.0308. The molecule has 1 saturated heterocycles. The molecule has 1 atom stereocenters.